The second-order valence-electron chi connectivity index (χ2n) is 4.17. The van der Waals surface area contributed by atoms with Gasteiger partial charge in [-0.25, -0.2) is 21.1 Å². The highest BCUT2D eigenvalue weighted by Crippen LogP contribution is 2.21. The second-order valence-corrected chi connectivity index (χ2v) is 8.78. The lowest BCUT2D eigenvalue weighted by Crippen LogP contribution is -2.28. The molecule has 1 aromatic carbocycles. The van der Waals surface area contributed by atoms with Gasteiger partial charge in [-0.05, 0) is 31.0 Å². The quantitative estimate of drug-likeness (QED) is 0.434. The molecule has 0 aliphatic heterocycles. The van der Waals surface area contributed by atoms with Gasteiger partial charge in [-0.2, -0.15) is 0 Å². The van der Waals surface area contributed by atoms with Crippen molar-refractivity contribution in [2.24, 2.45) is 0 Å². The first-order valence-corrected chi connectivity index (χ1v) is 9.56. The van der Waals surface area contributed by atoms with Crippen LogP contribution in [-0.2, 0) is 19.1 Å². The summed E-state index contributed by atoms with van der Waals surface area (Å²) in [5, 5.41) is 0. The smallest absolute Gasteiger partial charge is 0.207 e. The SMILES string of the molecule is C=CCCCN(C)S(=O)(=O)c1cccc(S(=O)(=O)Cl)c1. The molecule has 8 heteroatoms. The van der Waals surface area contributed by atoms with Gasteiger partial charge in [-0.3, -0.25) is 0 Å². The molecule has 20 heavy (non-hydrogen) atoms. The van der Waals surface area contributed by atoms with E-state index >= 15 is 0 Å². The van der Waals surface area contributed by atoms with Crippen molar-refractivity contribution < 1.29 is 16.8 Å². The molecule has 0 N–H and O–H groups in total. The standard InChI is InChI=1S/C12H16ClNO4S2/c1-3-4-5-9-14(2)20(17,18)12-8-6-7-11(10-12)19(13,15)16/h3,6-8,10H,1,4-5,9H2,2H3. The Morgan fingerprint density at radius 1 is 1.25 bits per heavy atom. The summed E-state index contributed by atoms with van der Waals surface area (Å²) in [6, 6.07) is 4.99. The predicted octanol–water partition coefficient (Wildman–Crippen LogP) is 2.20. The third-order valence-electron chi connectivity index (χ3n) is 2.68. The number of allylic oxidation sites excluding steroid dienone is 1. The van der Waals surface area contributed by atoms with E-state index in [2.05, 4.69) is 6.58 Å². The number of hydrogen-bond donors (Lipinski definition) is 0. The maximum absolute atomic E-state index is 12.3. The van der Waals surface area contributed by atoms with Crippen LogP contribution in [0.1, 0.15) is 12.8 Å². The van der Waals surface area contributed by atoms with E-state index in [4.69, 9.17) is 10.7 Å². The molecule has 0 spiro atoms. The highest BCUT2D eigenvalue weighted by Gasteiger charge is 2.22. The summed E-state index contributed by atoms with van der Waals surface area (Å²) in [6.45, 7) is 3.89. The fraction of sp³-hybridized carbons (Fsp3) is 0.333. The number of rotatable bonds is 7. The molecule has 1 rings (SSSR count). The van der Waals surface area contributed by atoms with Crippen molar-refractivity contribution in [3.05, 3.63) is 36.9 Å². The van der Waals surface area contributed by atoms with Crippen LogP contribution < -0.4 is 0 Å². The molecule has 0 saturated heterocycles. The molecule has 0 radical (unpaired) electrons. The Kier molecular flexibility index (Phi) is 5.76. The minimum absolute atomic E-state index is 0.0969. The Labute approximate surface area is 124 Å². The van der Waals surface area contributed by atoms with E-state index in [0.717, 1.165) is 6.07 Å². The van der Waals surface area contributed by atoms with Crippen molar-refractivity contribution >= 4 is 29.8 Å². The maximum atomic E-state index is 12.3. The zero-order chi connectivity index (χ0) is 15.4. The van der Waals surface area contributed by atoms with E-state index in [-0.39, 0.29) is 9.79 Å². The Morgan fingerprint density at radius 2 is 1.85 bits per heavy atom. The molecule has 0 amide bonds. The first-order chi connectivity index (χ1) is 9.19. The average Bonchev–Trinajstić information content (AvgIpc) is 2.38. The number of hydrogen-bond acceptors (Lipinski definition) is 4. The highest BCUT2D eigenvalue weighted by atomic mass is 35.7. The maximum Gasteiger partial charge on any atom is 0.261 e. The first-order valence-electron chi connectivity index (χ1n) is 5.81. The van der Waals surface area contributed by atoms with Crippen LogP contribution in [0.5, 0.6) is 0 Å². The fourth-order valence-electron chi connectivity index (χ4n) is 1.54. The van der Waals surface area contributed by atoms with Crippen molar-refractivity contribution in [2.45, 2.75) is 22.6 Å². The molecule has 0 aliphatic carbocycles. The number of nitrogens with zero attached hydrogens (tertiary/aromatic N) is 1. The summed E-state index contributed by atoms with van der Waals surface area (Å²) in [7, 11) is -1.02. The molecule has 1 aromatic rings. The van der Waals surface area contributed by atoms with Crippen molar-refractivity contribution in [1.29, 1.82) is 0 Å². The van der Waals surface area contributed by atoms with Crippen LogP contribution in [0.3, 0.4) is 0 Å². The third kappa shape index (κ3) is 4.31. The van der Waals surface area contributed by atoms with Gasteiger partial charge in [0.1, 0.15) is 0 Å². The van der Waals surface area contributed by atoms with Crippen LogP contribution in [0, 0.1) is 0 Å². The first kappa shape index (κ1) is 17.2. The van der Waals surface area contributed by atoms with Gasteiger partial charge < -0.3 is 0 Å². The molecule has 112 valence electrons. The summed E-state index contributed by atoms with van der Waals surface area (Å²) < 4.78 is 48.2. The van der Waals surface area contributed by atoms with Gasteiger partial charge in [-0.15, -0.1) is 6.58 Å². The van der Waals surface area contributed by atoms with E-state index < -0.39 is 19.1 Å². The largest absolute Gasteiger partial charge is 0.261 e. The van der Waals surface area contributed by atoms with Crippen molar-refractivity contribution in [2.75, 3.05) is 13.6 Å². The molecule has 0 aromatic heterocycles. The molecule has 0 fully saturated rings. The minimum atomic E-state index is -3.96. The van der Waals surface area contributed by atoms with Gasteiger partial charge in [-0.1, -0.05) is 12.1 Å². The van der Waals surface area contributed by atoms with Crippen LogP contribution in [0.2, 0.25) is 0 Å². The second kappa shape index (κ2) is 6.71. The third-order valence-corrected chi connectivity index (χ3v) is 5.88. The van der Waals surface area contributed by atoms with E-state index in [9.17, 15) is 16.8 Å². The van der Waals surface area contributed by atoms with E-state index in [1.165, 1.54) is 29.6 Å². The van der Waals surface area contributed by atoms with Crippen molar-refractivity contribution in [3.63, 3.8) is 0 Å². The van der Waals surface area contributed by atoms with Crippen LogP contribution in [0.25, 0.3) is 0 Å². The summed E-state index contributed by atoms with van der Waals surface area (Å²) in [5.74, 6) is 0. The average molecular weight is 338 g/mol. The Morgan fingerprint density at radius 3 is 2.40 bits per heavy atom. The number of sulfonamides is 1. The molecule has 0 heterocycles. The van der Waals surface area contributed by atoms with Crippen LogP contribution in [0.15, 0.2) is 46.7 Å². The van der Waals surface area contributed by atoms with Gasteiger partial charge in [0.15, 0.2) is 0 Å². The Balaban J connectivity index is 3.07. The molecule has 0 bridgehead atoms. The molecule has 0 atom stereocenters. The van der Waals surface area contributed by atoms with Gasteiger partial charge in [0.05, 0.1) is 9.79 Å². The van der Waals surface area contributed by atoms with E-state index in [0.29, 0.717) is 19.4 Å². The molecular formula is C12H16ClNO4S2. The normalized spacial score (nSPS) is 12.6. The zero-order valence-corrected chi connectivity index (χ0v) is 13.4. The fourth-order valence-corrected chi connectivity index (χ4v) is 3.67. The van der Waals surface area contributed by atoms with Crippen LogP contribution >= 0.6 is 10.7 Å². The molecule has 0 aliphatic rings. The summed E-state index contributed by atoms with van der Waals surface area (Å²) >= 11 is 0. The minimum Gasteiger partial charge on any atom is -0.207 e. The molecule has 0 saturated carbocycles. The summed E-state index contributed by atoms with van der Waals surface area (Å²) in [6.07, 6.45) is 3.06. The van der Waals surface area contributed by atoms with Gasteiger partial charge in [0.25, 0.3) is 9.05 Å². The lowest BCUT2D eigenvalue weighted by molar-refractivity contribution is 0.462. The van der Waals surface area contributed by atoms with Crippen LogP contribution in [-0.4, -0.2) is 34.7 Å². The zero-order valence-electron chi connectivity index (χ0n) is 11.0. The van der Waals surface area contributed by atoms with E-state index in [1.807, 2.05) is 0 Å². The number of benzene rings is 1. The predicted molar refractivity (Wildman–Crippen MR) is 78.7 cm³/mol. The molecule has 5 nitrogen and oxygen atoms in total. The summed E-state index contributed by atoms with van der Waals surface area (Å²) in [4.78, 5) is -0.333. The lowest BCUT2D eigenvalue weighted by Gasteiger charge is -2.17. The highest BCUT2D eigenvalue weighted by molar-refractivity contribution is 8.13. The molecular weight excluding hydrogens is 322 g/mol. The Hall–Kier alpha value is -0.890. The van der Waals surface area contributed by atoms with E-state index in [1.54, 1.807) is 6.08 Å². The van der Waals surface area contributed by atoms with Gasteiger partial charge in [0, 0.05) is 24.3 Å². The van der Waals surface area contributed by atoms with Gasteiger partial charge in [0.2, 0.25) is 10.0 Å². The summed E-state index contributed by atoms with van der Waals surface area (Å²) in [5.41, 5.74) is 0. The monoisotopic (exact) mass is 337 g/mol. The molecule has 0 unspecified atom stereocenters. The Bertz CT molecular complexity index is 683. The number of unbranched alkanes of at least 4 members (excludes halogenated alkanes) is 1. The van der Waals surface area contributed by atoms with Gasteiger partial charge >= 0.3 is 0 Å². The van der Waals surface area contributed by atoms with Crippen molar-refractivity contribution in [1.82, 2.24) is 4.31 Å². The topological polar surface area (TPSA) is 71.5 Å². The van der Waals surface area contributed by atoms with Crippen molar-refractivity contribution in [3.8, 4) is 0 Å². The van der Waals surface area contributed by atoms with Crippen LogP contribution in [0.4, 0.5) is 0 Å². The number of halogens is 1. The lowest BCUT2D eigenvalue weighted by atomic mass is 10.3.